The molecule has 2 bridgehead atoms. The molecule has 0 aromatic carbocycles. The SMILES string of the molecule is CC=C(C)C(=O)OCC1C2=C(CC3C4C5=C(C(=O)C(C)=C(OC)C5=O)C(OCC)C(CN13)N4C)C(=O)C(C)=C(OC)C2=O. The lowest BCUT2D eigenvalue weighted by Gasteiger charge is -2.59. The largest absolute Gasteiger partial charge is 0.492 e. The average molecular weight is 595 g/mol. The third-order valence-electron chi connectivity index (χ3n) is 9.51. The van der Waals surface area contributed by atoms with E-state index in [-0.39, 0.29) is 64.4 Å². The molecule has 0 spiro atoms. The van der Waals surface area contributed by atoms with Crippen molar-refractivity contribution in [3.8, 4) is 0 Å². The molecular weight excluding hydrogens is 556 g/mol. The second kappa shape index (κ2) is 11.4. The standard InChI is InChI=1S/C32H38N2O9/c1-9-14(3)32(39)43-13-20-21-17(25(35)15(4)29(40-7)27(21)37)11-18-24-22-23(26(36)16(5)30(41-8)28(22)38)31(42-10-2)19(33(24)6)12-34(18)20/h9,18-20,24,31H,10-13H2,1-8H3. The molecule has 5 atom stereocenters. The Morgan fingerprint density at radius 1 is 0.907 bits per heavy atom. The normalized spacial score (nSPS) is 30.0. The van der Waals surface area contributed by atoms with Crippen molar-refractivity contribution in [1.82, 2.24) is 9.80 Å². The lowest BCUT2D eigenvalue weighted by atomic mass is 9.68. The molecule has 3 aliphatic heterocycles. The average Bonchev–Trinajstić information content (AvgIpc) is 2.98. The van der Waals surface area contributed by atoms with Crippen molar-refractivity contribution in [2.45, 2.75) is 71.3 Å². The number of methoxy groups -OCH3 is 2. The monoisotopic (exact) mass is 594 g/mol. The molecule has 230 valence electrons. The summed E-state index contributed by atoms with van der Waals surface area (Å²) in [6.45, 7) is 8.75. The summed E-state index contributed by atoms with van der Waals surface area (Å²) in [7, 11) is 4.59. The van der Waals surface area contributed by atoms with Crippen LogP contribution in [-0.2, 0) is 42.9 Å². The summed E-state index contributed by atoms with van der Waals surface area (Å²) in [4.78, 5) is 72.2. The highest BCUT2D eigenvalue weighted by atomic mass is 16.5. The van der Waals surface area contributed by atoms with E-state index in [1.807, 2.05) is 23.8 Å². The molecule has 2 aliphatic carbocycles. The highest BCUT2D eigenvalue weighted by Crippen LogP contribution is 2.47. The van der Waals surface area contributed by atoms with Gasteiger partial charge in [0.15, 0.2) is 23.1 Å². The molecule has 3 heterocycles. The van der Waals surface area contributed by atoms with Crippen molar-refractivity contribution in [2.75, 3.05) is 41.0 Å². The molecule has 5 unspecified atom stereocenters. The number of ketones is 4. The van der Waals surface area contributed by atoms with Crippen molar-refractivity contribution in [1.29, 1.82) is 0 Å². The van der Waals surface area contributed by atoms with Gasteiger partial charge in [-0.2, -0.15) is 0 Å². The third-order valence-corrected chi connectivity index (χ3v) is 9.51. The first-order valence-corrected chi connectivity index (χ1v) is 14.5. The fourth-order valence-corrected chi connectivity index (χ4v) is 7.29. The Morgan fingerprint density at radius 3 is 2.09 bits per heavy atom. The number of carbonyl (C=O) groups is 5. The smallest absolute Gasteiger partial charge is 0.333 e. The van der Waals surface area contributed by atoms with Gasteiger partial charge in [-0.05, 0) is 48.1 Å². The van der Waals surface area contributed by atoms with E-state index in [9.17, 15) is 24.0 Å². The Kier molecular flexibility index (Phi) is 8.19. The van der Waals surface area contributed by atoms with Crippen LogP contribution >= 0.6 is 0 Å². The number of nitrogens with zero attached hydrogens (tertiary/aromatic N) is 2. The number of ether oxygens (including phenoxy) is 4. The van der Waals surface area contributed by atoms with Crippen molar-refractivity contribution >= 4 is 29.1 Å². The van der Waals surface area contributed by atoms with Crippen molar-refractivity contribution in [2.24, 2.45) is 0 Å². The molecule has 0 N–H and O–H groups in total. The van der Waals surface area contributed by atoms with Crippen LogP contribution in [0.1, 0.15) is 41.0 Å². The molecule has 5 rings (SSSR count). The molecule has 11 nitrogen and oxygen atoms in total. The van der Waals surface area contributed by atoms with Crippen LogP contribution in [0.5, 0.6) is 0 Å². The lowest BCUT2D eigenvalue weighted by molar-refractivity contribution is -0.144. The van der Waals surface area contributed by atoms with Gasteiger partial charge in [-0.3, -0.25) is 29.0 Å². The molecule has 43 heavy (non-hydrogen) atoms. The Balaban J connectivity index is 1.69. The first-order chi connectivity index (χ1) is 20.4. The van der Waals surface area contributed by atoms with Gasteiger partial charge < -0.3 is 18.9 Å². The number of hydrogen-bond donors (Lipinski definition) is 0. The number of hydrogen-bond acceptors (Lipinski definition) is 11. The molecule has 0 saturated carbocycles. The summed E-state index contributed by atoms with van der Waals surface area (Å²) >= 11 is 0. The van der Waals surface area contributed by atoms with Crippen LogP contribution < -0.4 is 0 Å². The number of Topliss-reactive ketones (excluding diaryl/α,β-unsaturated/α-hetero) is 4. The Hall–Kier alpha value is -3.67. The third kappa shape index (κ3) is 4.47. The number of allylic oxidation sites excluding steroid dienone is 5. The van der Waals surface area contributed by atoms with Crippen LogP contribution in [0.3, 0.4) is 0 Å². The van der Waals surface area contributed by atoms with E-state index in [1.54, 1.807) is 33.8 Å². The fraction of sp³-hybridized carbons (Fsp3) is 0.531. The van der Waals surface area contributed by atoms with Crippen LogP contribution in [0.25, 0.3) is 0 Å². The highest BCUT2D eigenvalue weighted by molar-refractivity contribution is 6.26. The van der Waals surface area contributed by atoms with Gasteiger partial charge in [0, 0.05) is 58.2 Å². The number of likely N-dealkylation sites (N-methyl/N-ethyl adjacent to an activating group) is 1. The van der Waals surface area contributed by atoms with E-state index < -0.39 is 41.8 Å². The Labute approximate surface area is 250 Å². The molecule has 11 heteroatoms. The number of fused-ring (bicyclic) bond motifs is 5. The lowest BCUT2D eigenvalue weighted by Crippen LogP contribution is -2.73. The summed E-state index contributed by atoms with van der Waals surface area (Å²) in [5.41, 5.74) is 1.99. The predicted molar refractivity (Wildman–Crippen MR) is 154 cm³/mol. The number of esters is 1. The van der Waals surface area contributed by atoms with Gasteiger partial charge in [0.1, 0.15) is 12.7 Å². The maximum absolute atomic E-state index is 14.0. The number of rotatable bonds is 7. The van der Waals surface area contributed by atoms with Gasteiger partial charge in [0.25, 0.3) is 0 Å². The molecular formula is C32H38N2O9. The highest BCUT2D eigenvalue weighted by Gasteiger charge is 2.59. The van der Waals surface area contributed by atoms with Crippen LogP contribution in [0.15, 0.2) is 56.6 Å². The fourth-order valence-electron chi connectivity index (χ4n) is 7.29. The maximum atomic E-state index is 14.0. The molecule has 0 aromatic heterocycles. The van der Waals surface area contributed by atoms with Crippen molar-refractivity contribution in [3.05, 3.63) is 56.6 Å². The second-order valence-electron chi connectivity index (χ2n) is 11.5. The minimum Gasteiger partial charge on any atom is -0.492 e. The summed E-state index contributed by atoms with van der Waals surface area (Å²) in [5.74, 6) is -2.03. The zero-order valence-electron chi connectivity index (χ0n) is 25.9. The van der Waals surface area contributed by atoms with E-state index in [0.717, 1.165) is 0 Å². The maximum Gasteiger partial charge on any atom is 0.333 e. The Bertz CT molecular complexity index is 1490. The summed E-state index contributed by atoms with van der Waals surface area (Å²) in [5, 5.41) is 0. The van der Waals surface area contributed by atoms with Crippen LogP contribution in [0.2, 0.25) is 0 Å². The molecule has 0 amide bonds. The van der Waals surface area contributed by atoms with E-state index in [1.165, 1.54) is 14.2 Å². The van der Waals surface area contributed by atoms with Gasteiger partial charge in [-0.25, -0.2) is 4.79 Å². The zero-order valence-corrected chi connectivity index (χ0v) is 25.9. The van der Waals surface area contributed by atoms with Gasteiger partial charge in [0.2, 0.25) is 11.6 Å². The topological polar surface area (TPSA) is 129 Å². The van der Waals surface area contributed by atoms with Crippen molar-refractivity contribution < 1.29 is 42.9 Å². The van der Waals surface area contributed by atoms with E-state index in [2.05, 4.69) is 0 Å². The van der Waals surface area contributed by atoms with Gasteiger partial charge in [-0.1, -0.05) is 6.08 Å². The quantitative estimate of drug-likeness (QED) is 0.243. The van der Waals surface area contributed by atoms with E-state index >= 15 is 0 Å². The first kappa shape index (κ1) is 30.8. The molecule has 5 aliphatic rings. The summed E-state index contributed by atoms with van der Waals surface area (Å²) < 4.78 is 22.7. The first-order valence-electron chi connectivity index (χ1n) is 14.5. The summed E-state index contributed by atoms with van der Waals surface area (Å²) in [6.07, 6.45) is 1.06. The number of piperazine rings is 1. The molecule has 0 aromatic rings. The van der Waals surface area contributed by atoms with Gasteiger partial charge in [0.05, 0.1) is 32.3 Å². The van der Waals surface area contributed by atoms with Crippen LogP contribution in [0.4, 0.5) is 0 Å². The van der Waals surface area contributed by atoms with Crippen LogP contribution in [-0.4, -0.2) is 110 Å². The van der Waals surface area contributed by atoms with Crippen LogP contribution in [0, 0.1) is 0 Å². The minimum absolute atomic E-state index is 0.0153. The molecule has 1 saturated heterocycles. The molecule has 0 radical (unpaired) electrons. The zero-order chi connectivity index (χ0) is 31.5. The van der Waals surface area contributed by atoms with Crippen molar-refractivity contribution in [3.63, 3.8) is 0 Å². The van der Waals surface area contributed by atoms with Gasteiger partial charge in [-0.15, -0.1) is 0 Å². The van der Waals surface area contributed by atoms with E-state index in [4.69, 9.17) is 18.9 Å². The number of carbonyl (C=O) groups excluding carboxylic acids is 5. The molecule has 1 fully saturated rings. The Morgan fingerprint density at radius 2 is 1.51 bits per heavy atom. The predicted octanol–water partition coefficient (Wildman–Crippen LogP) is 1.78. The summed E-state index contributed by atoms with van der Waals surface area (Å²) in [6, 6.07) is -2.30. The van der Waals surface area contributed by atoms with E-state index in [0.29, 0.717) is 29.9 Å². The minimum atomic E-state index is -0.797. The van der Waals surface area contributed by atoms with Gasteiger partial charge >= 0.3 is 5.97 Å². The second-order valence-corrected chi connectivity index (χ2v) is 11.5.